The molecule has 0 amide bonds. The van der Waals surface area contributed by atoms with Crippen molar-refractivity contribution in [1.29, 1.82) is 0 Å². The van der Waals surface area contributed by atoms with E-state index in [1.165, 1.54) is 6.07 Å². The van der Waals surface area contributed by atoms with Gasteiger partial charge in [0.15, 0.2) is 0 Å². The summed E-state index contributed by atoms with van der Waals surface area (Å²) in [5.41, 5.74) is 7.15. The molecule has 0 heterocycles. The normalized spacial score (nSPS) is 10.7. The number of benzene rings is 1. The molecule has 0 aliphatic carbocycles. The Hall–Kier alpha value is -1.66. The summed E-state index contributed by atoms with van der Waals surface area (Å²) >= 11 is 0. The van der Waals surface area contributed by atoms with Crippen LogP contribution in [-0.2, 0) is 6.54 Å². The van der Waals surface area contributed by atoms with Gasteiger partial charge in [-0.05, 0) is 26.2 Å². The minimum atomic E-state index is -0.397. The molecule has 1 aromatic rings. The second-order valence-corrected chi connectivity index (χ2v) is 4.50. The number of nitro benzene ring substituents is 1. The SMILES string of the molecule is CN(C)CCN(C)c1ccc([N+](=O)[O-])c(CN)c1. The van der Waals surface area contributed by atoms with Crippen molar-refractivity contribution in [2.45, 2.75) is 6.54 Å². The third-order valence-corrected chi connectivity index (χ3v) is 2.80. The van der Waals surface area contributed by atoms with Crippen LogP contribution in [0.15, 0.2) is 18.2 Å². The zero-order valence-corrected chi connectivity index (χ0v) is 11.1. The summed E-state index contributed by atoms with van der Waals surface area (Å²) in [6.45, 7) is 1.95. The summed E-state index contributed by atoms with van der Waals surface area (Å²) in [6.07, 6.45) is 0. The van der Waals surface area contributed by atoms with Crippen LogP contribution in [0, 0.1) is 10.1 Å². The topological polar surface area (TPSA) is 75.6 Å². The predicted octanol–water partition coefficient (Wildman–Crippen LogP) is 1.05. The lowest BCUT2D eigenvalue weighted by Crippen LogP contribution is -2.28. The molecule has 100 valence electrons. The van der Waals surface area contributed by atoms with Crippen molar-refractivity contribution in [3.63, 3.8) is 0 Å². The third kappa shape index (κ3) is 3.68. The van der Waals surface area contributed by atoms with Gasteiger partial charge in [-0.2, -0.15) is 0 Å². The summed E-state index contributed by atoms with van der Waals surface area (Å²) in [7, 11) is 5.98. The molecule has 6 nitrogen and oxygen atoms in total. The largest absolute Gasteiger partial charge is 0.373 e. The summed E-state index contributed by atoms with van der Waals surface area (Å²) < 4.78 is 0. The van der Waals surface area contributed by atoms with Crippen molar-refractivity contribution in [2.24, 2.45) is 5.73 Å². The summed E-state index contributed by atoms with van der Waals surface area (Å²) in [4.78, 5) is 14.6. The van der Waals surface area contributed by atoms with Gasteiger partial charge in [0.05, 0.1) is 4.92 Å². The first-order valence-electron chi connectivity index (χ1n) is 5.79. The van der Waals surface area contributed by atoms with E-state index in [-0.39, 0.29) is 12.2 Å². The van der Waals surface area contributed by atoms with Gasteiger partial charge in [0.2, 0.25) is 0 Å². The second-order valence-electron chi connectivity index (χ2n) is 4.50. The van der Waals surface area contributed by atoms with Crippen LogP contribution in [0.1, 0.15) is 5.56 Å². The summed E-state index contributed by atoms with van der Waals surface area (Å²) in [5.74, 6) is 0. The number of rotatable bonds is 6. The van der Waals surface area contributed by atoms with Crippen molar-refractivity contribution >= 4 is 11.4 Å². The molecule has 0 aromatic heterocycles. The molecule has 0 radical (unpaired) electrons. The fourth-order valence-corrected chi connectivity index (χ4v) is 1.63. The van der Waals surface area contributed by atoms with E-state index in [1.807, 2.05) is 21.1 Å². The molecule has 18 heavy (non-hydrogen) atoms. The minimum Gasteiger partial charge on any atom is -0.373 e. The van der Waals surface area contributed by atoms with Crippen molar-refractivity contribution < 1.29 is 4.92 Å². The van der Waals surface area contributed by atoms with Crippen LogP contribution < -0.4 is 10.6 Å². The highest BCUT2D eigenvalue weighted by atomic mass is 16.6. The Labute approximate surface area is 107 Å². The van der Waals surface area contributed by atoms with E-state index >= 15 is 0 Å². The van der Waals surface area contributed by atoms with E-state index < -0.39 is 4.92 Å². The van der Waals surface area contributed by atoms with Crippen molar-refractivity contribution in [1.82, 2.24) is 4.90 Å². The highest BCUT2D eigenvalue weighted by molar-refractivity contribution is 5.55. The van der Waals surface area contributed by atoms with Gasteiger partial charge in [0, 0.05) is 44.0 Å². The van der Waals surface area contributed by atoms with Gasteiger partial charge < -0.3 is 15.5 Å². The van der Waals surface area contributed by atoms with E-state index in [0.717, 1.165) is 18.8 Å². The van der Waals surface area contributed by atoms with Gasteiger partial charge in [-0.1, -0.05) is 0 Å². The number of hydrogen-bond acceptors (Lipinski definition) is 5. The number of likely N-dealkylation sites (N-methyl/N-ethyl adjacent to an activating group) is 2. The second kappa shape index (κ2) is 6.32. The molecule has 2 N–H and O–H groups in total. The fourth-order valence-electron chi connectivity index (χ4n) is 1.63. The molecule has 0 aliphatic heterocycles. The number of nitrogens with zero attached hydrogens (tertiary/aromatic N) is 3. The smallest absolute Gasteiger partial charge is 0.274 e. The summed E-state index contributed by atoms with van der Waals surface area (Å²) in [5, 5.41) is 10.8. The maximum absolute atomic E-state index is 10.8. The Morgan fingerprint density at radius 3 is 2.44 bits per heavy atom. The van der Waals surface area contributed by atoms with Crippen molar-refractivity contribution in [2.75, 3.05) is 39.1 Å². The van der Waals surface area contributed by atoms with Crippen LogP contribution >= 0.6 is 0 Å². The first-order valence-corrected chi connectivity index (χ1v) is 5.79. The molecule has 0 aliphatic rings. The zero-order chi connectivity index (χ0) is 13.7. The van der Waals surface area contributed by atoms with Gasteiger partial charge in [0.25, 0.3) is 5.69 Å². The third-order valence-electron chi connectivity index (χ3n) is 2.80. The van der Waals surface area contributed by atoms with Gasteiger partial charge in [0.1, 0.15) is 0 Å². The molecule has 1 rings (SSSR count). The lowest BCUT2D eigenvalue weighted by molar-refractivity contribution is -0.385. The highest BCUT2D eigenvalue weighted by Crippen LogP contribution is 2.24. The van der Waals surface area contributed by atoms with Gasteiger partial charge in [-0.3, -0.25) is 10.1 Å². The number of hydrogen-bond donors (Lipinski definition) is 1. The molecule has 0 unspecified atom stereocenters. The maximum Gasteiger partial charge on any atom is 0.274 e. The first kappa shape index (κ1) is 14.4. The lowest BCUT2D eigenvalue weighted by Gasteiger charge is -2.22. The molecule has 0 saturated carbocycles. The zero-order valence-electron chi connectivity index (χ0n) is 11.1. The summed E-state index contributed by atoms with van der Waals surface area (Å²) in [6, 6.07) is 5.06. The monoisotopic (exact) mass is 252 g/mol. The average molecular weight is 252 g/mol. The Balaban J connectivity index is 2.87. The Bertz CT molecular complexity index is 421. The Kier molecular flexibility index (Phi) is 5.06. The Morgan fingerprint density at radius 2 is 1.94 bits per heavy atom. The van der Waals surface area contributed by atoms with Crippen LogP contribution in [0.3, 0.4) is 0 Å². The molecule has 0 fully saturated rings. The number of nitrogens with two attached hydrogens (primary N) is 1. The van der Waals surface area contributed by atoms with E-state index in [2.05, 4.69) is 9.80 Å². The van der Waals surface area contributed by atoms with Crippen LogP contribution in [-0.4, -0.2) is 44.1 Å². The standard InChI is InChI=1S/C12H20N4O2/c1-14(2)6-7-15(3)11-4-5-12(16(17)18)10(8-11)9-13/h4-5,8H,6-7,9,13H2,1-3H3. The number of nitro groups is 1. The molecule has 0 bridgehead atoms. The maximum atomic E-state index is 10.8. The number of anilines is 1. The molecular formula is C12H20N4O2. The van der Waals surface area contributed by atoms with Crippen LogP contribution in [0.2, 0.25) is 0 Å². The fraction of sp³-hybridized carbons (Fsp3) is 0.500. The van der Waals surface area contributed by atoms with E-state index in [0.29, 0.717) is 5.56 Å². The Morgan fingerprint density at radius 1 is 1.28 bits per heavy atom. The molecule has 0 saturated heterocycles. The van der Waals surface area contributed by atoms with Crippen molar-refractivity contribution in [3.8, 4) is 0 Å². The van der Waals surface area contributed by atoms with Gasteiger partial charge in [-0.25, -0.2) is 0 Å². The van der Waals surface area contributed by atoms with Crippen LogP contribution in [0.25, 0.3) is 0 Å². The highest BCUT2D eigenvalue weighted by Gasteiger charge is 2.14. The molecule has 0 spiro atoms. The van der Waals surface area contributed by atoms with Gasteiger partial charge >= 0.3 is 0 Å². The van der Waals surface area contributed by atoms with Crippen molar-refractivity contribution in [3.05, 3.63) is 33.9 Å². The van der Waals surface area contributed by atoms with Gasteiger partial charge in [-0.15, -0.1) is 0 Å². The quantitative estimate of drug-likeness (QED) is 0.605. The van der Waals surface area contributed by atoms with Crippen LogP contribution in [0.5, 0.6) is 0 Å². The molecule has 1 aromatic carbocycles. The predicted molar refractivity (Wildman–Crippen MR) is 72.8 cm³/mol. The average Bonchev–Trinajstić information content (AvgIpc) is 2.34. The minimum absolute atomic E-state index is 0.0854. The first-order chi connectivity index (χ1) is 8.45. The van der Waals surface area contributed by atoms with E-state index in [1.54, 1.807) is 12.1 Å². The lowest BCUT2D eigenvalue weighted by atomic mass is 10.1. The molecule has 0 atom stereocenters. The molecular weight excluding hydrogens is 232 g/mol. The van der Waals surface area contributed by atoms with E-state index in [9.17, 15) is 10.1 Å². The van der Waals surface area contributed by atoms with Crippen LogP contribution in [0.4, 0.5) is 11.4 Å². The van der Waals surface area contributed by atoms with E-state index in [4.69, 9.17) is 5.73 Å². The molecule has 6 heteroatoms.